The van der Waals surface area contributed by atoms with Gasteiger partial charge in [-0.15, -0.1) is 0 Å². The number of carbonyl (C=O) groups excluding carboxylic acids is 2. The lowest BCUT2D eigenvalue weighted by Crippen LogP contribution is -2.40. The zero-order chi connectivity index (χ0) is 70.4. The smallest absolute Gasteiger partial charge is 0.361 e. The normalized spacial score (nSPS) is 14.1. The van der Waals surface area contributed by atoms with Crippen LogP contribution < -0.4 is 0 Å². The first-order valence-corrected chi connectivity index (χ1v) is 37.2. The van der Waals surface area contributed by atoms with Crippen molar-refractivity contribution in [3.8, 4) is 0 Å². The van der Waals surface area contributed by atoms with E-state index in [2.05, 4.69) is 257 Å². The van der Waals surface area contributed by atoms with Gasteiger partial charge in [-0.05, 0) is 167 Å². The number of hydrogen-bond acceptors (Lipinski definition) is 7. The molecule has 0 bridgehead atoms. The van der Waals surface area contributed by atoms with E-state index in [1.807, 2.05) is 21.1 Å². The van der Waals surface area contributed by atoms with E-state index < -0.39 is 24.3 Å². The predicted octanol–water partition coefficient (Wildman–Crippen LogP) is 24.0. The first-order chi connectivity index (χ1) is 47.6. The van der Waals surface area contributed by atoms with E-state index in [1.165, 1.54) is 0 Å². The maximum absolute atomic E-state index is 13.0. The van der Waals surface area contributed by atoms with Crippen LogP contribution in [0.25, 0.3) is 0 Å². The van der Waals surface area contributed by atoms with Crippen LogP contribution in [0.5, 0.6) is 0 Å². The van der Waals surface area contributed by atoms with Crippen LogP contribution in [0, 0.1) is 0 Å². The molecule has 0 amide bonds. The van der Waals surface area contributed by atoms with Gasteiger partial charge < -0.3 is 28.5 Å². The monoisotopic (exact) mass is 1330 g/mol. The second kappa shape index (κ2) is 74.9. The van der Waals surface area contributed by atoms with E-state index >= 15 is 0 Å². The Bertz CT molecular complexity index is 2500. The Balaban J connectivity index is 4.30. The third-order valence-electron chi connectivity index (χ3n) is 14.6. The van der Waals surface area contributed by atoms with E-state index in [9.17, 15) is 19.5 Å². The molecule has 2 atom stereocenters. The molecule has 97 heavy (non-hydrogen) atoms. The molecule has 0 rings (SSSR count). The fourth-order valence-corrected chi connectivity index (χ4v) is 9.01. The maximum atomic E-state index is 13.0. The highest BCUT2D eigenvalue weighted by atomic mass is 16.7. The highest BCUT2D eigenvalue weighted by Crippen LogP contribution is 2.13. The number of carbonyl (C=O) groups is 3. The van der Waals surface area contributed by atoms with Gasteiger partial charge in [0.1, 0.15) is 13.2 Å². The number of hydrogen-bond donors (Lipinski definition) is 1. The summed E-state index contributed by atoms with van der Waals surface area (Å²) in [6.45, 7) is 4.56. The number of aliphatic carboxylic acids is 1. The summed E-state index contributed by atoms with van der Waals surface area (Å²) >= 11 is 0. The van der Waals surface area contributed by atoms with E-state index in [1.54, 1.807) is 0 Å². The largest absolute Gasteiger partial charge is 0.477 e. The summed E-state index contributed by atoms with van der Waals surface area (Å²) < 4.78 is 22.9. The quantitative estimate of drug-likeness (QED) is 0.0211. The van der Waals surface area contributed by atoms with E-state index in [4.69, 9.17) is 18.9 Å². The van der Waals surface area contributed by atoms with Crippen molar-refractivity contribution in [3.63, 3.8) is 0 Å². The molecule has 9 heteroatoms. The first kappa shape index (κ1) is 90.1. The molecular weight excluding hydrogens is 1200 g/mol. The average Bonchev–Trinajstić information content (AvgIpc) is 3.11. The van der Waals surface area contributed by atoms with E-state index in [0.29, 0.717) is 23.9 Å². The van der Waals surface area contributed by atoms with Crippen LogP contribution in [0.4, 0.5) is 0 Å². The Labute approximate surface area is 592 Å². The van der Waals surface area contributed by atoms with Gasteiger partial charge in [0.25, 0.3) is 6.29 Å². The van der Waals surface area contributed by atoms with Crippen LogP contribution in [0.2, 0.25) is 0 Å². The van der Waals surface area contributed by atoms with Crippen molar-refractivity contribution in [3.05, 3.63) is 243 Å². The summed E-state index contributed by atoms with van der Waals surface area (Å²) in [7, 11) is 5.94. The lowest BCUT2D eigenvalue weighted by molar-refractivity contribution is -0.870. The molecule has 9 nitrogen and oxygen atoms in total. The van der Waals surface area contributed by atoms with Crippen LogP contribution >= 0.6 is 0 Å². The van der Waals surface area contributed by atoms with Crippen molar-refractivity contribution >= 4 is 17.9 Å². The summed E-state index contributed by atoms with van der Waals surface area (Å²) in [5, 5.41) is 9.76. The van der Waals surface area contributed by atoms with Crippen molar-refractivity contribution in [1.29, 1.82) is 0 Å². The standard InChI is InChI=1S/C88H133NO8/c1-6-8-10-12-14-16-18-20-22-24-26-28-30-32-34-36-38-40-42-43-45-47-49-51-53-55-57-59-61-63-65-67-69-71-73-75-77-79-86(91)97-84(83-96-88(87(92)93)94-81-80-89(3,4)5)82-95-85(90)78-76-74-72-70-68-66-64-62-60-58-56-54-52-50-48-46-44-41-39-37-35-33-31-29-27-25-23-21-19-17-15-13-11-9-7-2/h8-11,14-17,20-23,26-29,32-35,38-41,43,45-46,48-49,51-52,54-55,57-58,60-61,63-64,66,84,88H,6-7,12-13,18-19,24-25,30-31,36-37,42,44,47,50,53,56,59,62,65,67-83H2,1-5H3/p+1/b10-8-,11-9-,16-14-,17-15-,22-20-,23-21-,28-26-,29-27-,34-32-,35-33-,40-38-,41-39-,45-43-,48-46-,51-49-,54-52-,57-55-,60-58-,63-61-,66-64-. The Morgan fingerprint density at radius 3 is 0.825 bits per heavy atom. The number of quaternary nitrogens is 1. The topological polar surface area (TPSA) is 108 Å². The summed E-state index contributed by atoms with van der Waals surface area (Å²) in [6, 6.07) is 0. The van der Waals surface area contributed by atoms with Crippen LogP contribution in [0.15, 0.2) is 243 Å². The molecule has 0 saturated heterocycles. The summed E-state index contributed by atoms with van der Waals surface area (Å²) in [4.78, 5) is 37.7. The molecule has 0 aromatic heterocycles. The third-order valence-corrected chi connectivity index (χ3v) is 14.6. The lowest BCUT2D eigenvalue weighted by Gasteiger charge is -2.25. The second-order valence-corrected chi connectivity index (χ2v) is 24.8. The highest BCUT2D eigenvalue weighted by molar-refractivity contribution is 5.71. The van der Waals surface area contributed by atoms with E-state index in [-0.39, 0.29) is 38.6 Å². The van der Waals surface area contributed by atoms with Gasteiger partial charge >= 0.3 is 17.9 Å². The average molecular weight is 1330 g/mol. The highest BCUT2D eigenvalue weighted by Gasteiger charge is 2.25. The molecule has 0 aromatic carbocycles. The van der Waals surface area contributed by atoms with Crippen molar-refractivity contribution in [2.24, 2.45) is 0 Å². The van der Waals surface area contributed by atoms with Gasteiger partial charge in [-0.2, -0.15) is 0 Å². The Hall–Kier alpha value is -6.91. The fourth-order valence-electron chi connectivity index (χ4n) is 9.01. The molecule has 1 N–H and O–H groups in total. The number of nitrogens with zero attached hydrogens (tertiary/aromatic N) is 1. The first-order valence-electron chi connectivity index (χ1n) is 37.2. The number of esters is 2. The molecule has 0 fully saturated rings. The number of unbranched alkanes of at least 4 members (excludes halogenated alkanes) is 10. The van der Waals surface area contributed by atoms with Crippen molar-refractivity contribution in [2.75, 3.05) is 47.5 Å². The third kappa shape index (κ3) is 76.3. The van der Waals surface area contributed by atoms with Gasteiger partial charge in [0.2, 0.25) is 0 Å². The molecule has 0 aliphatic rings. The zero-order valence-electron chi connectivity index (χ0n) is 61.4. The Kier molecular flexibility index (Phi) is 69.5. The molecule has 0 aliphatic heterocycles. The minimum Gasteiger partial charge on any atom is -0.477 e. The summed E-state index contributed by atoms with van der Waals surface area (Å²) in [6.07, 6.45) is 118. The Morgan fingerprint density at radius 1 is 0.309 bits per heavy atom. The molecule has 2 unspecified atom stereocenters. The molecule has 538 valence electrons. The molecule has 0 spiro atoms. The van der Waals surface area contributed by atoms with Crippen molar-refractivity contribution in [2.45, 2.75) is 245 Å². The van der Waals surface area contributed by atoms with Crippen LogP contribution in [-0.2, 0) is 33.3 Å². The number of likely N-dealkylation sites (N-methyl/N-ethyl adjacent to an activating group) is 1. The molecular formula is C88H134NO8+. The number of rotatable bonds is 65. The van der Waals surface area contributed by atoms with Crippen molar-refractivity contribution < 1.29 is 42.9 Å². The van der Waals surface area contributed by atoms with Gasteiger partial charge in [0, 0.05) is 12.8 Å². The number of allylic oxidation sites excluding steroid dienone is 40. The van der Waals surface area contributed by atoms with Gasteiger partial charge in [-0.3, -0.25) is 9.59 Å². The second-order valence-electron chi connectivity index (χ2n) is 24.8. The molecule has 0 heterocycles. The number of ether oxygens (including phenoxy) is 4. The summed E-state index contributed by atoms with van der Waals surface area (Å²) in [5.74, 6) is -2.09. The minimum atomic E-state index is -1.54. The fraction of sp³-hybridized carbons (Fsp3) is 0.511. The molecule has 0 saturated carbocycles. The molecule has 0 radical (unpaired) electrons. The summed E-state index contributed by atoms with van der Waals surface area (Å²) in [5.41, 5.74) is 0. The predicted molar refractivity (Wildman–Crippen MR) is 418 cm³/mol. The van der Waals surface area contributed by atoms with Crippen LogP contribution in [-0.4, -0.2) is 87.4 Å². The van der Waals surface area contributed by atoms with Gasteiger partial charge in [-0.1, -0.05) is 295 Å². The maximum Gasteiger partial charge on any atom is 0.361 e. The number of carboxylic acid groups (broad SMARTS) is 1. The molecule has 0 aliphatic carbocycles. The van der Waals surface area contributed by atoms with Gasteiger partial charge in [-0.25, -0.2) is 4.79 Å². The van der Waals surface area contributed by atoms with Gasteiger partial charge in [0.05, 0.1) is 34.4 Å². The van der Waals surface area contributed by atoms with Crippen LogP contribution in [0.1, 0.15) is 232 Å². The molecule has 0 aromatic rings. The number of carboxylic acids is 1. The van der Waals surface area contributed by atoms with E-state index in [0.717, 1.165) is 193 Å². The lowest BCUT2D eigenvalue weighted by atomic mass is 10.1. The van der Waals surface area contributed by atoms with Gasteiger partial charge in [0.15, 0.2) is 6.10 Å². The minimum absolute atomic E-state index is 0.166. The Morgan fingerprint density at radius 2 is 0.557 bits per heavy atom. The van der Waals surface area contributed by atoms with Crippen LogP contribution in [0.3, 0.4) is 0 Å². The van der Waals surface area contributed by atoms with Crippen molar-refractivity contribution in [1.82, 2.24) is 0 Å². The zero-order valence-corrected chi connectivity index (χ0v) is 61.4. The SMILES string of the molecule is CC/C=C\C/C=C\C/C=C\C/C=C\C/C=C\C/C=C\C/C=C\C/C=C\C/C=C\C/C=C\CCCCCCCCC(=O)OC(COC(=O)CCCCCC/C=C\C/C=C\C/C=C\C/C=C\C/C=C\C/C=C\C/C=C\C/C=C\C/C=C\C/C=C\CC)COC(OCC[N+](C)(C)C)C(=O)O.